The summed E-state index contributed by atoms with van der Waals surface area (Å²) in [5.41, 5.74) is 0. The Balaban J connectivity index is 1.62. The molecule has 1 atom stereocenters. The molecule has 0 spiro atoms. The van der Waals surface area contributed by atoms with Crippen LogP contribution in [0.4, 0.5) is 0 Å². The quantitative estimate of drug-likeness (QED) is 0.743. The van der Waals surface area contributed by atoms with Crippen LogP contribution in [0.5, 0.6) is 0 Å². The molecular formula is C17H33N. The number of rotatable bonds is 5. The lowest BCUT2D eigenvalue weighted by Crippen LogP contribution is -2.38. The van der Waals surface area contributed by atoms with Crippen molar-refractivity contribution in [3.63, 3.8) is 0 Å². The highest BCUT2D eigenvalue weighted by Gasteiger charge is 2.23. The third kappa shape index (κ3) is 4.26. The van der Waals surface area contributed by atoms with Crippen molar-refractivity contribution in [2.24, 2.45) is 17.8 Å². The summed E-state index contributed by atoms with van der Waals surface area (Å²) in [6.07, 6.45) is 14.7. The van der Waals surface area contributed by atoms with E-state index < -0.39 is 0 Å². The molecule has 0 aliphatic heterocycles. The van der Waals surface area contributed by atoms with E-state index >= 15 is 0 Å². The Morgan fingerprint density at radius 3 is 2.11 bits per heavy atom. The van der Waals surface area contributed by atoms with Gasteiger partial charge in [0.2, 0.25) is 0 Å². The van der Waals surface area contributed by atoms with Crippen LogP contribution in [-0.4, -0.2) is 12.6 Å². The highest BCUT2D eigenvalue weighted by Crippen LogP contribution is 2.31. The Labute approximate surface area is 114 Å². The predicted octanol–water partition coefficient (Wildman–Crippen LogP) is 4.76. The molecule has 0 aromatic carbocycles. The third-order valence-electron chi connectivity index (χ3n) is 5.63. The first-order valence-electron chi connectivity index (χ1n) is 8.53. The minimum absolute atomic E-state index is 0.759. The molecule has 2 aliphatic rings. The van der Waals surface area contributed by atoms with Gasteiger partial charge in [-0.15, -0.1) is 0 Å². The van der Waals surface area contributed by atoms with Gasteiger partial charge >= 0.3 is 0 Å². The maximum absolute atomic E-state index is 3.85. The lowest BCUT2D eigenvalue weighted by Gasteiger charge is -2.32. The number of nitrogens with one attached hydrogen (secondary N) is 1. The molecule has 1 heteroatoms. The zero-order chi connectivity index (χ0) is 12.8. The van der Waals surface area contributed by atoms with E-state index in [2.05, 4.69) is 19.2 Å². The van der Waals surface area contributed by atoms with Crippen LogP contribution in [0.1, 0.15) is 78.1 Å². The summed E-state index contributed by atoms with van der Waals surface area (Å²) in [5.74, 6) is 2.97. The molecule has 0 saturated heterocycles. The Morgan fingerprint density at radius 2 is 1.50 bits per heavy atom. The lowest BCUT2D eigenvalue weighted by atomic mass is 9.80. The van der Waals surface area contributed by atoms with Gasteiger partial charge in [-0.25, -0.2) is 0 Å². The number of hydrogen-bond acceptors (Lipinski definition) is 1. The minimum Gasteiger partial charge on any atom is -0.314 e. The van der Waals surface area contributed by atoms with Crippen LogP contribution in [-0.2, 0) is 0 Å². The van der Waals surface area contributed by atoms with Crippen molar-refractivity contribution in [1.82, 2.24) is 5.32 Å². The van der Waals surface area contributed by atoms with Gasteiger partial charge in [0.05, 0.1) is 0 Å². The average Bonchev–Trinajstić information content (AvgIpc) is 2.46. The molecule has 1 nitrogen and oxygen atoms in total. The summed E-state index contributed by atoms with van der Waals surface area (Å²) in [7, 11) is 0. The first-order chi connectivity index (χ1) is 8.79. The molecule has 0 heterocycles. The van der Waals surface area contributed by atoms with Crippen LogP contribution < -0.4 is 5.32 Å². The van der Waals surface area contributed by atoms with Gasteiger partial charge in [0, 0.05) is 6.04 Å². The van der Waals surface area contributed by atoms with Crippen LogP contribution in [0.15, 0.2) is 0 Å². The molecule has 0 amide bonds. The van der Waals surface area contributed by atoms with E-state index in [0.717, 1.165) is 23.8 Å². The van der Waals surface area contributed by atoms with E-state index in [-0.39, 0.29) is 0 Å². The molecule has 2 fully saturated rings. The van der Waals surface area contributed by atoms with E-state index in [1.807, 2.05) is 0 Å². The minimum atomic E-state index is 0.759. The topological polar surface area (TPSA) is 12.0 Å². The fourth-order valence-electron chi connectivity index (χ4n) is 4.00. The molecule has 0 bridgehead atoms. The van der Waals surface area contributed by atoms with Crippen molar-refractivity contribution in [1.29, 1.82) is 0 Å². The Bertz CT molecular complexity index is 212. The van der Waals surface area contributed by atoms with Gasteiger partial charge in [0.1, 0.15) is 0 Å². The van der Waals surface area contributed by atoms with Crippen molar-refractivity contribution in [2.45, 2.75) is 84.1 Å². The monoisotopic (exact) mass is 251 g/mol. The molecule has 18 heavy (non-hydrogen) atoms. The second-order valence-corrected chi connectivity index (χ2v) is 6.89. The normalized spacial score (nSPS) is 32.3. The van der Waals surface area contributed by atoms with Crippen LogP contribution in [0.25, 0.3) is 0 Å². The Kier molecular flexibility index (Phi) is 6.01. The zero-order valence-electron chi connectivity index (χ0n) is 12.6. The molecule has 1 unspecified atom stereocenters. The van der Waals surface area contributed by atoms with Gasteiger partial charge in [0.15, 0.2) is 0 Å². The van der Waals surface area contributed by atoms with Gasteiger partial charge in [0.25, 0.3) is 0 Å². The van der Waals surface area contributed by atoms with Crippen LogP contribution in [0, 0.1) is 17.8 Å². The summed E-state index contributed by atoms with van der Waals surface area (Å²) in [6.45, 7) is 6.07. The fraction of sp³-hybridized carbons (Fsp3) is 1.00. The molecule has 0 aromatic heterocycles. The van der Waals surface area contributed by atoms with Crippen molar-refractivity contribution in [3.05, 3.63) is 0 Å². The highest BCUT2D eigenvalue weighted by atomic mass is 14.9. The first kappa shape index (κ1) is 14.4. The molecule has 106 valence electrons. The van der Waals surface area contributed by atoms with E-state index in [1.165, 1.54) is 70.8 Å². The van der Waals surface area contributed by atoms with Crippen molar-refractivity contribution >= 4 is 0 Å². The summed E-state index contributed by atoms with van der Waals surface area (Å²) in [5, 5.41) is 3.85. The van der Waals surface area contributed by atoms with Gasteiger partial charge in [-0.05, 0) is 56.9 Å². The molecule has 0 aromatic rings. The SMILES string of the molecule is CCC1CCC(CNC(C)C2CCCCC2)CC1. The Morgan fingerprint density at radius 1 is 0.889 bits per heavy atom. The molecular weight excluding hydrogens is 218 g/mol. The van der Waals surface area contributed by atoms with Gasteiger partial charge in [-0.3, -0.25) is 0 Å². The molecule has 0 radical (unpaired) electrons. The number of hydrogen-bond donors (Lipinski definition) is 1. The molecule has 2 rings (SSSR count). The van der Waals surface area contributed by atoms with E-state index in [9.17, 15) is 0 Å². The molecule has 2 aliphatic carbocycles. The summed E-state index contributed by atoms with van der Waals surface area (Å²) in [6, 6.07) is 0.759. The van der Waals surface area contributed by atoms with Gasteiger partial charge in [-0.1, -0.05) is 45.4 Å². The van der Waals surface area contributed by atoms with Crippen LogP contribution in [0.3, 0.4) is 0 Å². The van der Waals surface area contributed by atoms with Crippen molar-refractivity contribution < 1.29 is 0 Å². The van der Waals surface area contributed by atoms with Crippen LogP contribution >= 0.6 is 0 Å². The zero-order valence-corrected chi connectivity index (χ0v) is 12.6. The summed E-state index contributed by atoms with van der Waals surface area (Å²) >= 11 is 0. The third-order valence-corrected chi connectivity index (χ3v) is 5.63. The maximum Gasteiger partial charge on any atom is 0.00671 e. The second-order valence-electron chi connectivity index (χ2n) is 6.89. The van der Waals surface area contributed by atoms with E-state index in [0.29, 0.717) is 0 Å². The first-order valence-corrected chi connectivity index (χ1v) is 8.53. The Hall–Kier alpha value is -0.0400. The summed E-state index contributed by atoms with van der Waals surface area (Å²) < 4.78 is 0. The van der Waals surface area contributed by atoms with Crippen molar-refractivity contribution in [3.8, 4) is 0 Å². The molecule has 2 saturated carbocycles. The second kappa shape index (κ2) is 7.53. The summed E-state index contributed by atoms with van der Waals surface area (Å²) in [4.78, 5) is 0. The molecule has 1 N–H and O–H groups in total. The van der Waals surface area contributed by atoms with Gasteiger partial charge in [-0.2, -0.15) is 0 Å². The van der Waals surface area contributed by atoms with Crippen LogP contribution in [0.2, 0.25) is 0 Å². The predicted molar refractivity (Wildman–Crippen MR) is 79.8 cm³/mol. The lowest BCUT2D eigenvalue weighted by molar-refractivity contribution is 0.232. The van der Waals surface area contributed by atoms with E-state index in [4.69, 9.17) is 0 Å². The van der Waals surface area contributed by atoms with Crippen molar-refractivity contribution in [2.75, 3.05) is 6.54 Å². The van der Waals surface area contributed by atoms with E-state index in [1.54, 1.807) is 0 Å². The van der Waals surface area contributed by atoms with Gasteiger partial charge < -0.3 is 5.32 Å². The highest BCUT2D eigenvalue weighted by molar-refractivity contribution is 4.79. The average molecular weight is 251 g/mol. The largest absolute Gasteiger partial charge is 0.314 e. The fourth-order valence-corrected chi connectivity index (χ4v) is 4.00. The maximum atomic E-state index is 3.85. The standard InChI is InChI=1S/C17H33N/c1-3-15-9-11-16(12-10-15)13-18-14(2)17-7-5-4-6-8-17/h14-18H,3-13H2,1-2H3. The smallest absolute Gasteiger partial charge is 0.00671 e.